The monoisotopic (exact) mass is 486 g/mol. The van der Waals surface area contributed by atoms with Crippen molar-refractivity contribution < 1.29 is 9.59 Å². The third-order valence-corrected chi connectivity index (χ3v) is 7.25. The van der Waals surface area contributed by atoms with Crippen LogP contribution in [0.3, 0.4) is 0 Å². The Morgan fingerprint density at radius 3 is 2.42 bits per heavy atom. The van der Waals surface area contributed by atoms with Gasteiger partial charge in [-0.2, -0.15) is 11.8 Å². The first-order chi connectivity index (χ1) is 16.1. The fourth-order valence-electron chi connectivity index (χ4n) is 4.27. The number of carbonyl (C=O) groups is 2. The van der Waals surface area contributed by atoms with Crippen LogP contribution in [0.1, 0.15) is 22.3 Å². The lowest BCUT2D eigenvalue weighted by Crippen LogP contribution is -2.38. The standard InChI is InChI=1S/C25H31ClN4O2S/c26-22-7-5-20(6-8-22)18-28-9-2-10-29(12-11-28)19-24(31)27-23-4-1-3-21(17-23)25(32)30-13-15-33-16-14-30/h1,3-8,17H,2,9-16,18-19H2,(H,27,31). The predicted molar refractivity (Wildman–Crippen MR) is 136 cm³/mol. The van der Waals surface area contributed by atoms with Gasteiger partial charge in [0.1, 0.15) is 0 Å². The Labute approximate surface area is 205 Å². The molecule has 8 heteroatoms. The van der Waals surface area contributed by atoms with Crippen molar-refractivity contribution in [1.29, 1.82) is 0 Å². The van der Waals surface area contributed by atoms with Gasteiger partial charge in [-0.15, -0.1) is 0 Å². The maximum atomic E-state index is 12.8. The number of nitrogens with one attached hydrogen (secondary N) is 1. The molecule has 33 heavy (non-hydrogen) atoms. The van der Waals surface area contributed by atoms with E-state index in [9.17, 15) is 9.59 Å². The van der Waals surface area contributed by atoms with Crippen LogP contribution in [0.15, 0.2) is 48.5 Å². The van der Waals surface area contributed by atoms with Crippen LogP contribution in [0.5, 0.6) is 0 Å². The maximum absolute atomic E-state index is 12.8. The summed E-state index contributed by atoms with van der Waals surface area (Å²) in [6, 6.07) is 15.3. The second kappa shape index (κ2) is 11.9. The first-order valence-electron chi connectivity index (χ1n) is 11.5. The van der Waals surface area contributed by atoms with Gasteiger partial charge in [-0.1, -0.05) is 29.8 Å². The van der Waals surface area contributed by atoms with Crippen molar-refractivity contribution in [3.8, 4) is 0 Å². The summed E-state index contributed by atoms with van der Waals surface area (Å²) in [5, 5.41) is 3.74. The minimum atomic E-state index is -0.0416. The van der Waals surface area contributed by atoms with Gasteiger partial charge in [0.25, 0.3) is 5.91 Å². The fourth-order valence-corrected chi connectivity index (χ4v) is 5.30. The third kappa shape index (κ3) is 7.21. The highest BCUT2D eigenvalue weighted by molar-refractivity contribution is 7.99. The topological polar surface area (TPSA) is 55.9 Å². The van der Waals surface area contributed by atoms with E-state index in [1.165, 1.54) is 5.56 Å². The van der Waals surface area contributed by atoms with Gasteiger partial charge in [-0.25, -0.2) is 0 Å². The highest BCUT2D eigenvalue weighted by Crippen LogP contribution is 2.17. The number of amides is 2. The lowest BCUT2D eigenvalue weighted by molar-refractivity contribution is -0.117. The Morgan fingerprint density at radius 2 is 1.64 bits per heavy atom. The number of hydrogen-bond donors (Lipinski definition) is 1. The lowest BCUT2D eigenvalue weighted by Gasteiger charge is -2.26. The molecule has 2 aromatic carbocycles. The van der Waals surface area contributed by atoms with E-state index in [4.69, 9.17) is 11.6 Å². The molecular formula is C25H31ClN4O2S. The van der Waals surface area contributed by atoms with Crippen molar-refractivity contribution in [2.45, 2.75) is 13.0 Å². The van der Waals surface area contributed by atoms with Crippen LogP contribution in [0.25, 0.3) is 0 Å². The average molecular weight is 487 g/mol. The zero-order chi connectivity index (χ0) is 23.0. The molecule has 2 fully saturated rings. The minimum absolute atomic E-state index is 0.0414. The molecule has 0 atom stereocenters. The Balaban J connectivity index is 1.26. The normalized spacial score (nSPS) is 18.0. The van der Waals surface area contributed by atoms with Gasteiger partial charge in [0.05, 0.1) is 6.54 Å². The number of hydrogen-bond acceptors (Lipinski definition) is 5. The maximum Gasteiger partial charge on any atom is 0.253 e. The summed E-state index contributed by atoms with van der Waals surface area (Å²) in [4.78, 5) is 32.0. The summed E-state index contributed by atoms with van der Waals surface area (Å²) in [5.74, 6) is 1.96. The summed E-state index contributed by atoms with van der Waals surface area (Å²) in [6.07, 6.45) is 1.03. The van der Waals surface area contributed by atoms with Crippen LogP contribution in [-0.2, 0) is 11.3 Å². The lowest BCUT2D eigenvalue weighted by atomic mass is 10.1. The summed E-state index contributed by atoms with van der Waals surface area (Å²) in [6.45, 7) is 6.51. The molecule has 1 N–H and O–H groups in total. The Kier molecular flexibility index (Phi) is 8.67. The van der Waals surface area contributed by atoms with Gasteiger partial charge in [-0.3, -0.25) is 19.4 Å². The number of benzene rings is 2. The van der Waals surface area contributed by atoms with Gasteiger partial charge >= 0.3 is 0 Å². The zero-order valence-corrected chi connectivity index (χ0v) is 20.4. The SMILES string of the molecule is O=C(CN1CCCN(Cc2ccc(Cl)cc2)CC1)Nc1cccc(C(=O)N2CCSCC2)c1. The van der Waals surface area contributed by atoms with Crippen LogP contribution in [0.2, 0.25) is 5.02 Å². The number of halogens is 1. The zero-order valence-electron chi connectivity index (χ0n) is 18.8. The van der Waals surface area contributed by atoms with Gasteiger partial charge in [-0.05, 0) is 55.4 Å². The Bertz CT molecular complexity index is 950. The van der Waals surface area contributed by atoms with Crippen molar-refractivity contribution >= 4 is 40.9 Å². The smallest absolute Gasteiger partial charge is 0.253 e. The highest BCUT2D eigenvalue weighted by Gasteiger charge is 2.20. The van der Waals surface area contributed by atoms with Crippen molar-refractivity contribution in [2.24, 2.45) is 0 Å². The molecule has 0 bridgehead atoms. The van der Waals surface area contributed by atoms with Crippen molar-refractivity contribution in [2.75, 3.05) is 62.6 Å². The molecule has 4 rings (SSSR count). The van der Waals surface area contributed by atoms with Crippen LogP contribution < -0.4 is 5.32 Å². The van der Waals surface area contributed by atoms with E-state index in [2.05, 4.69) is 27.2 Å². The van der Waals surface area contributed by atoms with Crippen LogP contribution >= 0.6 is 23.4 Å². The summed E-state index contributed by atoms with van der Waals surface area (Å²) in [5.41, 5.74) is 2.56. The number of nitrogens with zero attached hydrogens (tertiary/aromatic N) is 3. The van der Waals surface area contributed by atoms with Crippen LogP contribution in [0.4, 0.5) is 5.69 Å². The van der Waals surface area contributed by atoms with E-state index in [0.717, 1.165) is 68.8 Å². The number of carbonyl (C=O) groups excluding carboxylic acids is 2. The third-order valence-electron chi connectivity index (χ3n) is 6.06. The van der Waals surface area contributed by atoms with Crippen LogP contribution in [-0.4, -0.2) is 83.8 Å². The second-order valence-electron chi connectivity index (χ2n) is 8.57. The molecule has 2 aliphatic heterocycles. The van der Waals surface area contributed by atoms with E-state index in [0.29, 0.717) is 17.8 Å². The van der Waals surface area contributed by atoms with Gasteiger partial charge in [0.2, 0.25) is 5.91 Å². The summed E-state index contributed by atoms with van der Waals surface area (Å²) < 4.78 is 0. The van der Waals surface area contributed by atoms with Gasteiger partial charge in [0, 0.05) is 60.5 Å². The predicted octanol–water partition coefficient (Wildman–Crippen LogP) is 3.68. The molecule has 0 unspecified atom stereocenters. The molecule has 0 spiro atoms. The Hall–Kier alpha value is -2.06. The first-order valence-corrected chi connectivity index (χ1v) is 13.1. The molecule has 0 radical (unpaired) electrons. The molecule has 2 aromatic rings. The largest absolute Gasteiger partial charge is 0.337 e. The number of anilines is 1. The summed E-state index contributed by atoms with van der Waals surface area (Å²) in [7, 11) is 0. The molecule has 2 saturated heterocycles. The van der Waals surface area contributed by atoms with E-state index in [-0.39, 0.29) is 11.8 Å². The van der Waals surface area contributed by atoms with Crippen molar-refractivity contribution in [3.63, 3.8) is 0 Å². The molecule has 2 heterocycles. The summed E-state index contributed by atoms with van der Waals surface area (Å²) >= 11 is 7.87. The molecule has 2 aliphatic rings. The average Bonchev–Trinajstić information content (AvgIpc) is 3.05. The highest BCUT2D eigenvalue weighted by atomic mass is 35.5. The minimum Gasteiger partial charge on any atom is -0.337 e. The molecule has 176 valence electrons. The van der Waals surface area contributed by atoms with Crippen molar-refractivity contribution in [1.82, 2.24) is 14.7 Å². The quantitative estimate of drug-likeness (QED) is 0.675. The Morgan fingerprint density at radius 1 is 0.909 bits per heavy atom. The van der Waals surface area contributed by atoms with Crippen LogP contribution in [0, 0.1) is 0 Å². The van der Waals surface area contributed by atoms with E-state index in [1.54, 1.807) is 6.07 Å². The molecule has 6 nitrogen and oxygen atoms in total. The number of rotatable bonds is 6. The number of thioether (sulfide) groups is 1. The fraction of sp³-hybridized carbons (Fsp3) is 0.440. The second-order valence-corrected chi connectivity index (χ2v) is 10.2. The molecule has 0 aliphatic carbocycles. The van der Waals surface area contributed by atoms with E-state index < -0.39 is 0 Å². The van der Waals surface area contributed by atoms with E-state index >= 15 is 0 Å². The van der Waals surface area contributed by atoms with Gasteiger partial charge < -0.3 is 10.2 Å². The van der Waals surface area contributed by atoms with Crippen molar-refractivity contribution in [3.05, 3.63) is 64.7 Å². The van der Waals surface area contributed by atoms with Gasteiger partial charge in [0.15, 0.2) is 0 Å². The molecule has 0 aromatic heterocycles. The molecule has 0 saturated carbocycles. The first kappa shape index (κ1) is 24.1. The van der Waals surface area contributed by atoms with E-state index in [1.807, 2.05) is 47.0 Å². The molecular weight excluding hydrogens is 456 g/mol. The molecule has 2 amide bonds.